The number of carbonyl (C=O) groups excluding carboxylic acids is 1. The fraction of sp³-hybridized carbons (Fsp3) is 0.611. The lowest BCUT2D eigenvalue weighted by Gasteiger charge is -2.20. The average Bonchev–Trinajstić information content (AvgIpc) is 3.17. The van der Waals surface area contributed by atoms with Crippen LogP contribution in [0.4, 0.5) is 20.2 Å². The van der Waals surface area contributed by atoms with Gasteiger partial charge in [0.1, 0.15) is 11.7 Å². The molecule has 3 N–H and O–H groups in total. The average molecular weight is 352 g/mol. The molecule has 1 amide bonds. The molecule has 1 aromatic carbocycles. The second-order valence-corrected chi connectivity index (χ2v) is 7.38. The zero-order chi connectivity index (χ0) is 18.0. The summed E-state index contributed by atoms with van der Waals surface area (Å²) in [6, 6.07) is 2.21. The van der Waals surface area contributed by atoms with Crippen LogP contribution in [-0.2, 0) is 4.79 Å². The summed E-state index contributed by atoms with van der Waals surface area (Å²) in [5.41, 5.74) is 6.23. The Kier molecular flexibility index (Phi) is 5.54. The van der Waals surface area contributed by atoms with Gasteiger partial charge in [0, 0.05) is 24.8 Å². The van der Waals surface area contributed by atoms with Crippen LogP contribution in [0.25, 0.3) is 0 Å². The van der Waals surface area contributed by atoms with E-state index < -0.39 is 17.7 Å². The number of nitrogens with zero attached hydrogens (tertiary/aromatic N) is 1. The Morgan fingerprint density at radius 2 is 1.88 bits per heavy atom. The van der Waals surface area contributed by atoms with Gasteiger partial charge in [0.15, 0.2) is 11.6 Å². The Balaban J connectivity index is 1.64. The highest BCUT2D eigenvalue weighted by Gasteiger charge is 2.30. The van der Waals surface area contributed by atoms with Gasteiger partial charge >= 0.3 is 0 Å². The molecule has 0 aliphatic carbocycles. The molecule has 2 aliphatic heterocycles. The van der Waals surface area contributed by atoms with Crippen LogP contribution in [0.1, 0.15) is 39.5 Å². The van der Waals surface area contributed by atoms with Crippen LogP contribution in [-0.4, -0.2) is 31.1 Å². The minimum absolute atomic E-state index is 0.00755. The molecule has 0 saturated carbocycles. The highest BCUT2D eigenvalue weighted by atomic mass is 19.1. The Bertz CT molecular complexity index is 608. The first-order valence-corrected chi connectivity index (χ1v) is 9.00. The second kappa shape index (κ2) is 7.66. The summed E-state index contributed by atoms with van der Waals surface area (Å²) < 4.78 is 28.7. The smallest absolute Gasteiger partial charge is 0.242 e. The van der Waals surface area contributed by atoms with Crippen LogP contribution in [0, 0.1) is 17.6 Å². The molecular weight excluding hydrogens is 326 g/mol. The lowest BCUT2D eigenvalue weighted by atomic mass is 10.00. The van der Waals surface area contributed by atoms with Gasteiger partial charge in [0.2, 0.25) is 5.91 Å². The fourth-order valence-electron chi connectivity index (χ4n) is 3.63. The summed E-state index contributed by atoms with van der Waals surface area (Å²) in [6.07, 6.45) is 3.50. The maximum Gasteiger partial charge on any atom is 0.242 e. The maximum atomic E-state index is 14.3. The van der Waals surface area contributed by atoms with Gasteiger partial charge in [-0.05, 0) is 43.7 Å². The van der Waals surface area contributed by atoms with Crippen LogP contribution >= 0.6 is 0 Å². The number of nitrogens with one attached hydrogen (secondary N) is 3. The molecule has 1 aromatic rings. The molecule has 3 rings (SSSR count). The lowest BCUT2D eigenvalue weighted by molar-refractivity contribution is -0.117. The van der Waals surface area contributed by atoms with Gasteiger partial charge in [-0.3, -0.25) is 10.2 Å². The molecule has 7 heteroatoms. The van der Waals surface area contributed by atoms with E-state index in [9.17, 15) is 13.6 Å². The van der Waals surface area contributed by atoms with Crippen LogP contribution in [0.3, 0.4) is 0 Å². The first kappa shape index (κ1) is 18.1. The van der Waals surface area contributed by atoms with Crippen molar-refractivity contribution in [2.24, 2.45) is 5.92 Å². The van der Waals surface area contributed by atoms with Crippen molar-refractivity contribution >= 4 is 17.3 Å². The molecule has 0 spiro atoms. The van der Waals surface area contributed by atoms with Gasteiger partial charge in [-0.2, -0.15) is 0 Å². The van der Waals surface area contributed by atoms with Crippen molar-refractivity contribution in [3.8, 4) is 0 Å². The third-order valence-electron chi connectivity index (χ3n) is 4.76. The number of anilines is 2. The van der Waals surface area contributed by atoms with E-state index in [1.54, 1.807) is 4.90 Å². The van der Waals surface area contributed by atoms with Gasteiger partial charge in [0.25, 0.3) is 0 Å². The van der Waals surface area contributed by atoms with Crippen LogP contribution in [0.5, 0.6) is 0 Å². The predicted molar refractivity (Wildman–Crippen MR) is 94.4 cm³/mol. The van der Waals surface area contributed by atoms with Crippen LogP contribution < -0.4 is 21.1 Å². The Labute approximate surface area is 147 Å². The maximum absolute atomic E-state index is 14.3. The van der Waals surface area contributed by atoms with E-state index in [2.05, 4.69) is 30.0 Å². The van der Waals surface area contributed by atoms with Gasteiger partial charge in [0.05, 0.1) is 0 Å². The van der Waals surface area contributed by atoms with E-state index >= 15 is 0 Å². The van der Waals surface area contributed by atoms with E-state index in [1.807, 2.05) is 0 Å². The molecule has 25 heavy (non-hydrogen) atoms. The molecule has 2 heterocycles. The topological polar surface area (TPSA) is 56.4 Å². The Morgan fingerprint density at radius 3 is 2.48 bits per heavy atom. The molecule has 2 fully saturated rings. The lowest BCUT2D eigenvalue weighted by Crippen LogP contribution is -2.40. The quantitative estimate of drug-likeness (QED) is 0.763. The summed E-state index contributed by atoms with van der Waals surface area (Å²) in [4.78, 5) is 14.1. The van der Waals surface area contributed by atoms with Gasteiger partial charge in [-0.1, -0.05) is 13.8 Å². The van der Waals surface area contributed by atoms with E-state index in [0.717, 1.165) is 19.3 Å². The predicted octanol–water partition coefficient (Wildman–Crippen LogP) is 2.78. The first-order chi connectivity index (χ1) is 11.9. The van der Waals surface area contributed by atoms with Gasteiger partial charge in [-0.25, -0.2) is 14.2 Å². The standard InChI is InChI=1S/C18H26F2N4O/c1-11(2)7-13-10-16(23-22-13)18(25)21-12-8-14(19)17(15(20)9-12)24-5-3-4-6-24/h8-9,11,13,16,22-23H,3-7,10H2,1-2H3,(H,21,25). The highest BCUT2D eigenvalue weighted by Crippen LogP contribution is 2.30. The summed E-state index contributed by atoms with van der Waals surface area (Å²) in [5, 5.41) is 2.62. The normalized spacial score (nSPS) is 23.5. The molecule has 2 aliphatic rings. The van der Waals surface area contributed by atoms with Crippen LogP contribution in [0.15, 0.2) is 12.1 Å². The minimum Gasteiger partial charge on any atom is -0.367 e. The molecule has 138 valence electrons. The highest BCUT2D eigenvalue weighted by molar-refractivity contribution is 5.95. The molecule has 2 saturated heterocycles. The SMILES string of the molecule is CC(C)CC1CC(C(=O)Nc2cc(F)c(N3CCCC3)c(F)c2)NN1. The molecule has 2 unspecified atom stereocenters. The molecule has 0 bridgehead atoms. The minimum atomic E-state index is -0.632. The molecular formula is C18H26F2N4O. The second-order valence-electron chi connectivity index (χ2n) is 7.38. The summed E-state index contributed by atoms with van der Waals surface area (Å²) in [7, 11) is 0. The third kappa shape index (κ3) is 4.27. The van der Waals surface area contributed by atoms with Crippen molar-refractivity contribution in [1.29, 1.82) is 0 Å². The number of carbonyl (C=O) groups is 1. The molecule has 5 nitrogen and oxygen atoms in total. The Morgan fingerprint density at radius 1 is 1.24 bits per heavy atom. The van der Waals surface area contributed by atoms with E-state index in [1.165, 1.54) is 12.1 Å². The number of amides is 1. The molecule has 0 radical (unpaired) electrons. The fourth-order valence-corrected chi connectivity index (χ4v) is 3.63. The zero-order valence-electron chi connectivity index (χ0n) is 14.7. The van der Waals surface area contributed by atoms with Gasteiger partial charge in [-0.15, -0.1) is 0 Å². The van der Waals surface area contributed by atoms with Crippen molar-refractivity contribution in [3.05, 3.63) is 23.8 Å². The van der Waals surface area contributed by atoms with Crippen molar-refractivity contribution < 1.29 is 13.6 Å². The number of rotatable bonds is 5. The van der Waals surface area contributed by atoms with Crippen molar-refractivity contribution in [2.45, 2.75) is 51.6 Å². The number of hydrazine groups is 1. The van der Waals surface area contributed by atoms with Crippen molar-refractivity contribution in [3.63, 3.8) is 0 Å². The largest absolute Gasteiger partial charge is 0.367 e. The van der Waals surface area contributed by atoms with Crippen molar-refractivity contribution in [1.82, 2.24) is 10.9 Å². The summed E-state index contributed by atoms with van der Waals surface area (Å²) in [6.45, 7) is 5.58. The molecule has 2 atom stereocenters. The van der Waals surface area contributed by atoms with Gasteiger partial charge < -0.3 is 10.2 Å². The van der Waals surface area contributed by atoms with Crippen LogP contribution in [0.2, 0.25) is 0 Å². The number of benzene rings is 1. The van der Waals surface area contributed by atoms with E-state index in [0.29, 0.717) is 25.4 Å². The number of hydrogen-bond acceptors (Lipinski definition) is 4. The van der Waals surface area contributed by atoms with E-state index in [4.69, 9.17) is 0 Å². The third-order valence-corrected chi connectivity index (χ3v) is 4.76. The number of hydrogen-bond donors (Lipinski definition) is 3. The monoisotopic (exact) mass is 352 g/mol. The van der Waals surface area contributed by atoms with Crippen molar-refractivity contribution in [2.75, 3.05) is 23.3 Å². The first-order valence-electron chi connectivity index (χ1n) is 9.00. The summed E-state index contributed by atoms with van der Waals surface area (Å²) >= 11 is 0. The summed E-state index contributed by atoms with van der Waals surface area (Å²) in [5.74, 6) is -1.02. The molecule has 0 aromatic heterocycles. The van der Waals surface area contributed by atoms with E-state index in [-0.39, 0.29) is 23.3 Å². The zero-order valence-corrected chi connectivity index (χ0v) is 14.7. The Hall–Kier alpha value is -1.73. The number of halogens is 2.